The number of likely N-dealkylation sites (tertiary alicyclic amines) is 2. The largest absolute Gasteiger partial charge is 0.465 e. The molecule has 3 atom stereocenters. The highest BCUT2D eigenvalue weighted by Crippen LogP contribution is 2.56. The summed E-state index contributed by atoms with van der Waals surface area (Å²) in [6.45, 7) is 7.14. The Morgan fingerprint density at radius 1 is 1.28 bits per heavy atom. The van der Waals surface area contributed by atoms with Crippen molar-refractivity contribution >= 4 is 12.0 Å². The van der Waals surface area contributed by atoms with E-state index in [4.69, 9.17) is 4.84 Å². The summed E-state index contributed by atoms with van der Waals surface area (Å²) in [5, 5.41) is 10.8. The molecule has 1 N–H and O–H groups in total. The molecular formula is C18H31N3O4. The molecule has 3 unspecified atom stereocenters. The van der Waals surface area contributed by atoms with E-state index in [0.717, 1.165) is 45.2 Å². The Morgan fingerprint density at radius 2 is 1.96 bits per heavy atom. The first-order valence-electron chi connectivity index (χ1n) is 9.47. The van der Waals surface area contributed by atoms with Crippen LogP contribution in [0.3, 0.4) is 0 Å². The molecule has 0 radical (unpaired) electrons. The van der Waals surface area contributed by atoms with E-state index in [2.05, 4.69) is 11.8 Å². The lowest BCUT2D eigenvalue weighted by atomic mass is 9.54. The van der Waals surface area contributed by atoms with Gasteiger partial charge in [-0.3, -0.25) is 14.5 Å². The van der Waals surface area contributed by atoms with Crippen LogP contribution in [0.2, 0.25) is 0 Å². The number of hydroxylamine groups is 2. The van der Waals surface area contributed by atoms with Gasteiger partial charge in [0.05, 0.1) is 13.2 Å². The molecule has 7 heteroatoms. The van der Waals surface area contributed by atoms with Crippen LogP contribution in [0.1, 0.15) is 46.0 Å². The molecule has 1 aliphatic carbocycles. The predicted molar refractivity (Wildman–Crippen MR) is 93.0 cm³/mol. The van der Waals surface area contributed by atoms with Crippen LogP contribution in [-0.2, 0) is 9.63 Å². The van der Waals surface area contributed by atoms with Crippen LogP contribution >= 0.6 is 0 Å². The summed E-state index contributed by atoms with van der Waals surface area (Å²) < 4.78 is 0. The number of carbonyl (C=O) groups is 2. The van der Waals surface area contributed by atoms with Crippen molar-refractivity contribution in [1.82, 2.24) is 14.9 Å². The number of hydrogen-bond acceptors (Lipinski definition) is 4. The van der Waals surface area contributed by atoms with Gasteiger partial charge in [0.15, 0.2) is 0 Å². The Bertz CT molecular complexity index is 520. The van der Waals surface area contributed by atoms with Crippen molar-refractivity contribution in [2.24, 2.45) is 11.3 Å². The maximum atomic E-state index is 11.6. The molecule has 2 amide bonds. The second kappa shape index (κ2) is 7.11. The maximum absolute atomic E-state index is 11.6. The van der Waals surface area contributed by atoms with Crippen LogP contribution in [-0.4, -0.2) is 77.3 Å². The molecule has 3 aliphatic rings. The normalized spacial score (nSPS) is 33.5. The molecule has 0 bridgehead atoms. The second-order valence-electron chi connectivity index (χ2n) is 7.90. The molecular weight excluding hydrogens is 322 g/mol. The van der Waals surface area contributed by atoms with E-state index < -0.39 is 6.09 Å². The number of amides is 2. The minimum atomic E-state index is -0.778. The molecule has 3 rings (SSSR count). The van der Waals surface area contributed by atoms with E-state index >= 15 is 0 Å². The van der Waals surface area contributed by atoms with E-state index in [-0.39, 0.29) is 17.4 Å². The number of nitrogens with zero attached hydrogens (tertiary/aromatic N) is 3. The van der Waals surface area contributed by atoms with Gasteiger partial charge in [-0.2, -0.15) is 0 Å². The number of hydrogen-bond donors (Lipinski definition) is 1. The predicted octanol–water partition coefficient (Wildman–Crippen LogP) is 2.03. The lowest BCUT2D eigenvalue weighted by Crippen LogP contribution is -2.62. The molecule has 25 heavy (non-hydrogen) atoms. The van der Waals surface area contributed by atoms with Crippen LogP contribution in [0, 0.1) is 11.3 Å². The number of carbonyl (C=O) groups excluding carboxylic acids is 1. The fourth-order valence-electron chi connectivity index (χ4n) is 5.56. The number of rotatable bonds is 4. The van der Waals surface area contributed by atoms with Crippen molar-refractivity contribution in [2.75, 3.05) is 33.3 Å². The highest BCUT2D eigenvalue weighted by molar-refractivity contribution is 5.72. The van der Waals surface area contributed by atoms with E-state index in [1.165, 1.54) is 5.06 Å². The number of piperidine rings is 1. The molecule has 7 nitrogen and oxygen atoms in total. The van der Waals surface area contributed by atoms with Crippen molar-refractivity contribution in [3.63, 3.8) is 0 Å². The van der Waals surface area contributed by atoms with Gasteiger partial charge in [-0.05, 0) is 37.0 Å². The fourth-order valence-corrected chi connectivity index (χ4v) is 5.56. The molecule has 142 valence electrons. The average molecular weight is 353 g/mol. The molecule has 2 saturated heterocycles. The van der Waals surface area contributed by atoms with Crippen molar-refractivity contribution in [3.8, 4) is 0 Å². The summed E-state index contributed by atoms with van der Waals surface area (Å²) in [6, 6.07) is 0.731. The Hall–Kier alpha value is -1.34. The Morgan fingerprint density at radius 3 is 2.44 bits per heavy atom. The first kappa shape index (κ1) is 18.5. The molecule has 3 fully saturated rings. The molecule has 0 aromatic heterocycles. The van der Waals surface area contributed by atoms with Crippen LogP contribution in [0.15, 0.2) is 0 Å². The zero-order valence-corrected chi connectivity index (χ0v) is 15.6. The van der Waals surface area contributed by atoms with Crippen LogP contribution in [0.25, 0.3) is 0 Å². The van der Waals surface area contributed by atoms with Gasteiger partial charge in [-0.1, -0.05) is 13.3 Å². The molecule has 0 aromatic rings. The van der Waals surface area contributed by atoms with Gasteiger partial charge in [-0.25, -0.2) is 9.86 Å². The minimum Gasteiger partial charge on any atom is -0.465 e. The highest BCUT2D eigenvalue weighted by Gasteiger charge is 2.58. The van der Waals surface area contributed by atoms with Gasteiger partial charge in [0.25, 0.3) is 0 Å². The van der Waals surface area contributed by atoms with Crippen molar-refractivity contribution in [2.45, 2.75) is 58.0 Å². The summed E-state index contributed by atoms with van der Waals surface area (Å²) in [6.07, 6.45) is 4.33. The first-order chi connectivity index (χ1) is 11.9. The van der Waals surface area contributed by atoms with E-state index in [0.29, 0.717) is 25.0 Å². The van der Waals surface area contributed by atoms with Crippen molar-refractivity contribution < 1.29 is 19.5 Å². The third-order valence-electron chi connectivity index (χ3n) is 6.77. The molecule has 1 spiro atoms. The van der Waals surface area contributed by atoms with Gasteiger partial charge in [0.1, 0.15) is 0 Å². The summed E-state index contributed by atoms with van der Waals surface area (Å²) in [4.78, 5) is 32.3. The van der Waals surface area contributed by atoms with Gasteiger partial charge >= 0.3 is 6.09 Å². The topological polar surface area (TPSA) is 73.3 Å². The summed E-state index contributed by atoms with van der Waals surface area (Å²) in [5.74, 6) is 0.550. The van der Waals surface area contributed by atoms with Crippen LogP contribution in [0.4, 0.5) is 4.79 Å². The van der Waals surface area contributed by atoms with Gasteiger partial charge in [0, 0.05) is 39.1 Å². The van der Waals surface area contributed by atoms with Gasteiger partial charge in [0.2, 0.25) is 5.91 Å². The zero-order chi connectivity index (χ0) is 18.2. The zero-order valence-electron chi connectivity index (χ0n) is 15.6. The first-order valence-corrected chi connectivity index (χ1v) is 9.47. The second-order valence-corrected chi connectivity index (χ2v) is 7.90. The van der Waals surface area contributed by atoms with Crippen LogP contribution in [0.5, 0.6) is 0 Å². The summed E-state index contributed by atoms with van der Waals surface area (Å²) in [7, 11) is 1.56. The third kappa shape index (κ3) is 3.24. The smallest absolute Gasteiger partial charge is 0.407 e. The van der Waals surface area contributed by atoms with E-state index in [1.807, 2.05) is 0 Å². The quantitative estimate of drug-likeness (QED) is 0.783. The Kier molecular flexibility index (Phi) is 5.25. The average Bonchev–Trinajstić information content (AvgIpc) is 3.02. The van der Waals surface area contributed by atoms with Crippen molar-refractivity contribution in [3.05, 3.63) is 0 Å². The molecule has 2 aliphatic heterocycles. The standard InChI is InChI=1S/C18H31N3O4/c1-4-15-16(11-18(15)7-10-20(12-18)17(23)24)19-8-5-14(6-9-19)21(25-3)13(2)22/h14-16H,4-12H2,1-3H3,(H,23,24). The van der Waals surface area contributed by atoms with Gasteiger partial charge < -0.3 is 10.0 Å². The molecule has 1 saturated carbocycles. The lowest BCUT2D eigenvalue weighted by Gasteiger charge is -2.58. The third-order valence-corrected chi connectivity index (χ3v) is 6.77. The summed E-state index contributed by atoms with van der Waals surface area (Å²) in [5.41, 5.74) is 0.201. The minimum absolute atomic E-state index is 0.0327. The monoisotopic (exact) mass is 353 g/mol. The lowest BCUT2D eigenvalue weighted by molar-refractivity contribution is -0.192. The molecule has 0 aromatic carbocycles. The molecule has 2 heterocycles. The summed E-state index contributed by atoms with van der Waals surface area (Å²) >= 11 is 0. The van der Waals surface area contributed by atoms with Crippen molar-refractivity contribution in [1.29, 1.82) is 0 Å². The number of carboxylic acid groups (broad SMARTS) is 1. The fraction of sp³-hybridized carbons (Fsp3) is 0.889. The van der Waals surface area contributed by atoms with Gasteiger partial charge in [-0.15, -0.1) is 0 Å². The van der Waals surface area contributed by atoms with E-state index in [9.17, 15) is 14.7 Å². The van der Waals surface area contributed by atoms with Crippen LogP contribution < -0.4 is 0 Å². The Balaban J connectivity index is 1.56. The maximum Gasteiger partial charge on any atom is 0.407 e. The van der Waals surface area contributed by atoms with E-state index in [1.54, 1.807) is 18.9 Å². The highest BCUT2D eigenvalue weighted by atomic mass is 16.7. The Labute approximate surface area is 149 Å². The SMILES string of the molecule is CCC1C(N2CCC(N(OC)C(C)=O)CC2)CC12CCN(C(=O)O)C2.